The molecule has 0 saturated heterocycles. The zero-order valence-corrected chi connectivity index (χ0v) is 12.0. The second-order valence-electron chi connectivity index (χ2n) is 4.65. The fourth-order valence-corrected chi connectivity index (χ4v) is 3.18. The van der Waals surface area contributed by atoms with Crippen LogP contribution < -0.4 is 10.6 Å². The molecule has 2 heterocycles. The summed E-state index contributed by atoms with van der Waals surface area (Å²) < 4.78 is 13.4. The summed E-state index contributed by atoms with van der Waals surface area (Å²) >= 11 is 1.33. The number of carbonyl (C=O) groups excluding carboxylic acids is 1. The fraction of sp³-hybridized carbons (Fsp3) is 0.188. The van der Waals surface area contributed by atoms with Crippen LogP contribution >= 0.6 is 11.3 Å². The van der Waals surface area contributed by atoms with Gasteiger partial charge in [-0.2, -0.15) is 0 Å². The molecule has 0 unspecified atom stereocenters. The summed E-state index contributed by atoms with van der Waals surface area (Å²) in [5.41, 5.74) is 7.00. The molecule has 0 fully saturated rings. The van der Waals surface area contributed by atoms with Crippen LogP contribution in [0.4, 0.5) is 10.1 Å². The summed E-state index contributed by atoms with van der Waals surface area (Å²) in [5, 5.41) is 0. The highest BCUT2D eigenvalue weighted by molar-refractivity contribution is 7.14. The lowest BCUT2D eigenvalue weighted by atomic mass is 10.2. The SMILES string of the molecule is NCC#Cc1ccc(C(=O)N2CCc3ccc(F)cc32)s1. The zero-order chi connectivity index (χ0) is 14.8. The Hall–Kier alpha value is -2.16. The van der Waals surface area contributed by atoms with Gasteiger partial charge >= 0.3 is 0 Å². The van der Waals surface area contributed by atoms with Crippen molar-refractivity contribution >= 4 is 22.9 Å². The van der Waals surface area contributed by atoms with Gasteiger partial charge in [0.1, 0.15) is 5.82 Å². The molecule has 3 nitrogen and oxygen atoms in total. The van der Waals surface area contributed by atoms with Crippen molar-refractivity contribution < 1.29 is 9.18 Å². The third kappa shape index (κ3) is 2.68. The van der Waals surface area contributed by atoms with Crippen molar-refractivity contribution in [3.05, 3.63) is 51.5 Å². The summed E-state index contributed by atoms with van der Waals surface area (Å²) in [6, 6.07) is 8.15. The predicted octanol–water partition coefficient (Wildman–Crippen LogP) is 2.40. The normalized spacial score (nSPS) is 12.8. The summed E-state index contributed by atoms with van der Waals surface area (Å²) in [4.78, 5) is 15.6. The van der Waals surface area contributed by atoms with E-state index >= 15 is 0 Å². The first-order valence-corrected chi connectivity index (χ1v) is 7.40. The summed E-state index contributed by atoms with van der Waals surface area (Å²) in [6.07, 6.45) is 0.757. The van der Waals surface area contributed by atoms with Gasteiger partial charge in [-0.15, -0.1) is 11.3 Å². The Balaban J connectivity index is 1.87. The van der Waals surface area contributed by atoms with E-state index in [4.69, 9.17) is 5.73 Å². The van der Waals surface area contributed by atoms with E-state index in [1.165, 1.54) is 23.5 Å². The van der Waals surface area contributed by atoms with Gasteiger partial charge in [0.2, 0.25) is 0 Å². The Bertz CT molecular complexity index is 757. The van der Waals surface area contributed by atoms with Gasteiger partial charge in [-0.1, -0.05) is 17.9 Å². The van der Waals surface area contributed by atoms with Gasteiger partial charge in [-0.3, -0.25) is 4.79 Å². The van der Waals surface area contributed by atoms with Crippen LogP contribution in [0.25, 0.3) is 0 Å². The second-order valence-corrected chi connectivity index (χ2v) is 5.73. The lowest BCUT2D eigenvalue weighted by Crippen LogP contribution is -2.28. The predicted molar refractivity (Wildman–Crippen MR) is 82.0 cm³/mol. The third-order valence-corrected chi connectivity index (χ3v) is 4.31. The molecule has 0 atom stereocenters. The highest BCUT2D eigenvalue weighted by Crippen LogP contribution is 2.31. The molecular formula is C16H13FN2OS. The Kier molecular flexibility index (Phi) is 3.74. The first-order valence-electron chi connectivity index (χ1n) is 6.58. The van der Waals surface area contributed by atoms with Crippen LogP contribution in [0.3, 0.4) is 0 Å². The zero-order valence-electron chi connectivity index (χ0n) is 11.2. The Morgan fingerprint density at radius 1 is 1.38 bits per heavy atom. The van der Waals surface area contributed by atoms with Gasteiger partial charge in [0, 0.05) is 6.54 Å². The number of benzene rings is 1. The van der Waals surface area contributed by atoms with E-state index in [9.17, 15) is 9.18 Å². The molecule has 2 aromatic rings. The molecule has 1 aromatic carbocycles. The van der Waals surface area contributed by atoms with Gasteiger partial charge in [0.15, 0.2) is 0 Å². The highest BCUT2D eigenvalue weighted by Gasteiger charge is 2.26. The fourth-order valence-electron chi connectivity index (χ4n) is 2.35. The quantitative estimate of drug-likeness (QED) is 0.822. The molecule has 0 aliphatic carbocycles. The smallest absolute Gasteiger partial charge is 0.268 e. The number of fused-ring (bicyclic) bond motifs is 1. The van der Waals surface area contributed by atoms with Gasteiger partial charge in [0.05, 0.1) is 22.0 Å². The standard InChI is InChI=1S/C16H13FN2OS/c17-12-4-3-11-7-9-19(14(11)10-12)16(20)15-6-5-13(21-15)2-1-8-18/h3-6,10H,7-9,18H2. The highest BCUT2D eigenvalue weighted by atomic mass is 32.1. The van der Waals surface area contributed by atoms with Crippen LogP contribution in [-0.2, 0) is 6.42 Å². The Labute approximate surface area is 126 Å². The number of carbonyl (C=O) groups is 1. The van der Waals surface area contributed by atoms with E-state index < -0.39 is 0 Å². The first kappa shape index (κ1) is 13.8. The maximum atomic E-state index is 13.4. The molecule has 1 aliphatic rings. The number of thiophene rings is 1. The lowest BCUT2D eigenvalue weighted by Gasteiger charge is -2.16. The number of amides is 1. The van der Waals surface area contributed by atoms with E-state index in [0.29, 0.717) is 23.7 Å². The van der Waals surface area contributed by atoms with E-state index in [0.717, 1.165) is 16.9 Å². The van der Waals surface area contributed by atoms with E-state index in [-0.39, 0.29) is 11.7 Å². The van der Waals surface area contributed by atoms with Crippen LogP contribution in [0.2, 0.25) is 0 Å². The molecule has 1 aliphatic heterocycles. The van der Waals surface area contributed by atoms with Crippen LogP contribution in [0.5, 0.6) is 0 Å². The summed E-state index contributed by atoms with van der Waals surface area (Å²) in [6.45, 7) is 0.874. The number of anilines is 1. The van der Waals surface area contributed by atoms with Crippen LogP contribution in [0, 0.1) is 17.7 Å². The van der Waals surface area contributed by atoms with Crippen molar-refractivity contribution in [2.24, 2.45) is 5.73 Å². The maximum absolute atomic E-state index is 13.4. The number of hydrogen-bond acceptors (Lipinski definition) is 3. The molecule has 0 saturated carbocycles. The molecule has 0 radical (unpaired) electrons. The van der Waals surface area contributed by atoms with Crippen molar-refractivity contribution in [3.8, 4) is 11.8 Å². The number of halogens is 1. The van der Waals surface area contributed by atoms with Gasteiger partial charge in [-0.25, -0.2) is 4.39 Å². The van der Waals surface area contributed by atoms with E-state index in [1.54, 1.807) is 17.0 Å². The molecule has 5 heteroatoms. The molecular weight excluding hydrogens is 287 g/mol. The minimum atomic E-state index is -0.325. The molecule has 106 valence electrons. The van der Waals surface area contributed by atoms with Crippen LogP contribution in [0.15, 0.2) is 30.3 Å². The average Bonchev–Trinajstić information content (AvgIpc) is 3.10. The maximum Gasteiger partial charge on any atom is 0.268 e. The first-order chi connectivity index (χ1) is 10.2. The van der Waals surface area contributed by atoms with Crippen molar-refractivity contribution in [2.75, 3.05) is 18.0 Å². The van der Waals surface area contributed by atoms with Crippen molar-refractivity contribution in [1.82, 2.24) is 0 Å². The summed E-state index contributed by atoms with van der Waals surface area (Å²) in [7, 11) is 0. The molecule has 0 spiro atoms. The van der Waals surface area contributed by atoms with E-state index in [2.05, 4.69) is 11.8 Å². The molecule has 2 N–H and O–H groups in total. The number of hydrogen-bond donors (Lipinski definition) is 1. The number of nitrogens with zero attached hydrogens (tertiary/aromatic N) is 1. The summed E-state index contributed by atoms with van der Waals surface area (Å²) in [5.74, 6) is 5.24. The molecule has 0 bridgehead atoms. The Morgan fingerprint density at radius 3 is 3.05 bits per heavy atom. The van der Waals surface area contributed by atoms with Gasteiger partial charge in [-0.05, 0) is 36.2 Å². The molecule has 3 rings (SSSR count). The number of nitrogens with two attached hydrogens (primary N) is 1. The molecule has 1 amide bonds. The number of rotatable bonds is 1. The second kappa shape index (κ2) is 5.68. The minimum absolute atomic E-state index is 0.106. The monoisotopic (exact) mass is 300 g/mol. The Morgan fingerprint density at radius 2 is 2.24 bits per heavy atom. The third-order valence-electron chi connectivity index (χ3n) is 3.32. The minimum Gasteiger partial charge on any atom is -0.320 e. The van der Waals surface area contributed by atoms with Gasteiger partial charge in [0.25, 0.3) is 5.91 Å². The van der Waals surface area contributed by atoms with Gasteiger partial charge < -0.3 is 10.6 Å². The van der Waals surface area contributed by atoms with Crippen molar-refractivity contribution in [3.63, 3.8) is 0 Å². The topological polar surface area (TPSA) is 46.3 Å². The average molecular weight is 300 g/mol. The lowest BCUT2D eigenvalue weighted by molar-refractivity contribution is 0.0993. The van der Waals surface area contributed by atoms with Crippen LogP contribution in [0.1, 0.15) is 20.1 Å². The largest absolute Gasteiger partial charge is 0.320 e. The molecule has 21 heavy (non-hydrogen) atoms. The van der Waals surface area contributed by atoms with E-state index in [1.807, 2.05) is 6.07 Å². The molecule has 1 aromatic heterocycles. The van der Waals surface area contributed by atoms with Crippen molar-refractivity contribution in [2.45, 2.75) is 6.42 Å². The van der Waals surface area contributed by atoms with Crippen molar-refractivity contribution in [1.29, 1.82) is 0 Å². The van der Waals surface area contributed by atoms with Crippen LogP contribution in [-0.4, -0.2) is 19.0 Å².